The zero-order valence-corrected chi connectivity index (χ0v) is 9.56. The Morgan fingerprint density at radius 2 is 2.19 bits per heavy atom. The molecule has 0 fully saturated rings. The van der Waals surface area contributed by atoms with Crippen molar-refractivity contribution in [2.75, 3.05) is 4.90 Å². The van der Waals surface area contributed by atoms with Crippen LogP contribution in [0.2, 0.25) is 0 Å². The number of hydrogen-bond acceptors (Lipinski definition) is 2. The van der Waals surface area contributed by atoms with Crippen molar-refractivity contribution in [1.29, 1.82) is 0 Å². The summed E-state index contributed by atoms with van der Waals surface area (Å²) in [5, 5.41) is 0. The molecule has 1 aromatic carbocycles. The van der Waals surface area contributed by atoms with Gasteiger partial charge in [-0.2, -0.15) is 0 Å². The summed E-state index contributed by atoms with van der Waals surface area (Å²) in [6.07, 6.45) is 7.39. The fraction of sp³-hybridized carbons (Fsp3) is 0.357. The first-order chi connectivity index (χ1) is 7.86. The van der Waals surface area contributed by atoms with E-state index in [4.69, 9.17) is 0 Å². The normalized spacial score (nSPS) is 23.2. The second kappa shape index (κ2) is 3.78. The van der Waals surface area contributed by atoms with E-state index in [-0.39, 0.29) is 0 Å². The molecule has 3 rings (SSSR count). The molecule has 2 heterocycles. The molecule has 16 heavy (non-hydrogen) atoms. The van der Waals surface area contributed by atoms with Crippen LogP contribution in [0, 0.1) is 0 Å². The second-order valence-electron chi connectivity index (χ2n) is 4.52. The molecule has 2 heteroatoms. The average Bonchev–Trinajstić information content (AvgIpc) is 2.66. The van der Waals surface area contributed by atoms with Gasteiger partial charge in [-0.25, -0.2) is 4.99 Å². The predicted octanol–water partition coefficient (Wildman–Crippen LogP) is 3.14. The first-order valence-electron chi connectivity index (χ1n) is 5.95. The smallest absolute Gasteiger partial charge is 0.109 e. The van der Waals surface area contributed by atoms with Gasteiger partial charge in [-0.1, -0.05) is 24.3 Å². The number of benzene rings is 1. The lowest BCUT2D eigenvalue weighted by atomic mass is 10.1. The first kappa shape index (κ1) is 9.64. The quantitative estimate of drug-likeness (QED) is 0.645. The summed E-state index contributed by atoms with van der Waals surface area (Å²) in [5.41, 5.74) is 2.80. The van der Waals surface area contributed by atoms with Gasteiger partial charge in [0.05, 0.1) is 0 Å². The Balaban J connectivity index is 2.01. The van der Waals surface area contributed by atoms with Crippen molar-refractivity contribution in [3.05, 3.63) is 42.1 Å². The Kier molecular flexibility index (Phi) is 2.28. The molecule has 0 bridgehead atoms. The highest BCUT2D eigenvalue weighted by molar-refractivity contribution is 6.00. The summed E-state index contributed by atoms with van der Waals surface area (Å²) in [4.78, 5) is 6.92. The topological polar surface area (TPSA) is 15.6 Å². The minimum Gasteiger partial charge on any atom is -0.326 e. The maximum absolute atomic E-state index is 4.52. The third-order valence-electron chi connectivity index (χ3n) is 3.35. The zero-order chi connectivity index (χ0) is 11.0. The van der Waals surface area contributed by atoms with Crippen molar-refractivity contribution < 1.29 is 0 Å². The molecule has 1 atom stereocenters. The monoisotopic (exact) mass is 212 g/mol. The molecule has 82 valence electrons. The molecule has 0 aliphatic carbocycles. The zero-order valence-electron chi connectivity index (χ0n) is 9.56. The average molecular weight is 212 g/mol. The van der Waals surface area contributed by atoms with E-state index in [9.17, 15) is 0 Å². The van der Waals surface area contributed by atoms with Gasteiger partial charge in [-0.3, -0.25) is 0 Å². The molecule has 2 nitrogen and oxygen atoms in total. The van der Waals surface area contributed by atoms with Crippen LogP contribution < -0.4 is 4.90 Å². The highest BCUT2D eigenvalue weighted by atomic mass is 15.2. The summed E-state index contributed by atoms with van der Waals surface area (Å²) in [7, 11) is 0. The minimum atomic E-state index is 0.544. The molecule has 2 aliphatic rings. The van der Waals surface area contributed by atoms with Crippen molar-refractivity contribution in [2.45, 2.75) is 32.2 Å². The van der Waals surface area contributed by atoms with Gasteiger partial charge >= 0.3 is 0 Å². The molecular formula is C14H16N2. The molecule has 0 aromatic heterocycles. The molecule has 0 saturated carbocycles. The molecule has 0 spiro atoms. The molecule has 1 aromatic rings. The number of anilines is 1. The Morgan fingerprint density at radius 3 is 3.00 bits per heavy atom. The second-order valence-corrected chi connectivity index (χ2v) is 4.52. The van der Waals surface area contributed by atoms with Crippen molar-refractivity contribution in [3.63, 3.8) is 0 Å². The van der Waals surface area contributed by atoms with Crippen LogP contribution in [0.15, 0.2) is 41.5 Å². The van der Waals surface area contributed by atoms with Gasteiger partial charge in [0.25, 0.3) is 0 Å². The fourth-order valence-electron chi connectivity index (χ4n) is 2.63. The summed E-state index contributed by atoms with van der Waals surface area (Å²) < 4.78 is 0. The summed E-state index contributed by atoms with van der Waals surface area (Å²) in [5.74, 6) is 1.22. The van der Waals surface area contributed by atoms with Crippen molar-refractivity contribution in [1.82, 2.24) is 0 Å². The molecule has 2 aliphatic heterocycles. The Morgan fingerprint density at radius 1 is 1.31 bits per heavy atom. The Bertz CT molecular complexity index is 460. The minimum absolute atomic E-state index is 0.544. The largest absolute Gasteiger partial charge is 0.326 e. The number of hydrogen-bond donors (Lipinski definition) is 0. The van der Waals surface area contributed by atoms with Crippen LogP contribution in [0.5, 0.6) is 0 Å². The van der Waals surface area contributed by atoms with Gasteiger partial charge < -0.3 is 4.90 Å². The van der Waals surface area contributed by atoms with Gasteiger partial charge in [0.15, 0.2) is 0 Å². The van der Waals surface area contributed by atoms with Crippen LogP contribution >= 0.6 is 0 Å². The number of allylic oxidation sites excluding steroid dienone is 1. The van der Waals surface area contributed by atoms with Gasteiger partial charge in [0, 0.05) is 24.4 Å². The highest BCUT2D eigenvalue weighted by Gasteiger charge is 2.28. The van der Waals surface area contributed by atoms with Crippen molar-refractivity contribution in [2.24, 2.45) is 4.99 Å². The maximum Gasteiger partial charge on any atom is 0.109 e. The Labute approximate surface area is 96.3 Å². The lowest BCUT2D eigenvalue weighted by Crippen LogP contribution is -2.36. The van der Waals surface area contributed by atoms with E-state index in [1.54, 1.807) is 0 Å². The number of amidine groups is 1. The summed E-state index contributed by atoms with van der Waals surface area (Å²) in [6.45, 7) is 2.28. The molecular weight excluding hydrogens is 196 g/mol. The van der Waals surface area contributed by atoms with Crippen LogP contribution in [-0.2, 0) is 6.42 Å². The van der Waals surface area contributed by atoms with E-state index in [1.165, 1.54) is 17.1 Å². The van der Waals surface area contributed by atoms with E-state index in [0.29, 0.717) is 6.04 Å². The third-order valence-corrected chi connectivity index (χ3v) is 3.35. The van der Waals surface area contributed by atoms with Gasteiger partial charge in [-0.15, -0.1) is 0 Å². The maximum atomic E-state index is 4.52. The van der Waals surface area contributed by atoms with Crippen molar-refractivity contribution >= 4 is 11.5 Å². The van der Waals surface area contributed by atoms with E-state index in [1.807, 2.05) is 6.20 Å². The lowest BCUT2D eigenvalue weighted by molar-refractivity contribution is 0.760. The summed E-state index contributed by atoms with van der Waals surface area (Å²) in [6, 6.07) is 9.22. The van der Waals surface area contributed by atoms with Gasteiger partial charge in [0.2, 0.25) is 0 Å². The molecule has 0 radical (unpaired) electrons. The standard InChI is InChI=1S/C14H16N2/c1-11-10-12-6-2-3-7-13(12)16(11)14-8-4-5-9-15-14/h2-3,5-7,9,11H,4,8,10H2,1H3. The third kappa shape index (κ3) is 1.45. The first-order valence-corrected chi connectivity index (χ1v) is 5.95. The highest BCUT2D eigenvalue weighted by Crippen LogP contribution is 2.33. The molecule has 0 saturated heterocycles. The van der Waals surface area contributed by atoms with Crippen LogP contribution in [0.3, 0.4) is 0 Å². The summed E-state index contributed by atoms with van der Waals surface area (Å²) >= 11 is 0. The van der Waals surface area contributed by atoms with Crippen LogP contribution in [0.1, 0.15) is 25.3 Å². The van der Waals surface area contributed by atoms with E-state index in [2.05, 4.69) is 47.2 Å². The van der Waals surface area contributed by atoms with Gasteiger partial charge in [0.1, 0.15) is 5.84 Å². The number of para-hydroxylation sites is 1. The predicted molar refractivity (Wildman–Crippen MR) is 67.9 cm³/mol. The molecule has 1 unspecified atom stereocenters. The van der Waals surface area contributed by atoms with E-state index in [0.717, 1.165) is 19.3 Å². The number of nitrogens with zero attached hydrogens (tertiary/aromatic N) is 2. The van der Waals surface area contributed by atoms with E-state index < -0.39 is 0 Å². The van der Waals surface area contributed by atoms with Crippen LogP contribution in [0.25, 0.3) is 0 Å². The molecule has 0 amide bonds. The number of aliphatic imine (C=N–C) groups is 1. The van der Waals surface area contributed by atoms with E-state index >= 15 is 0 Å². The van der Waals surface area contributed by atoms with Crippen LogP contribution in [0.4, 0.5) is 5.69 Å². The number of fused-ring (bicyclic) bond motifs is 1. The number of rotatable bonds is 0. The van der Waals surface area contributed by atoms with Crippen LogP contribution in [-0.4, -0.2) is 11.9 Å². The lowest BCUT2D eigenvalue weighted by Gasteiger charge is -2.27. The SMILES string of the molecule is CC1Cc2ccccc2N1C1=NC=CCC1. The fourth-order valence-corrected chi connectivity index (χ4v) is 2.63. The Hall–Kier alpha value is -1.57. The van der Waals surface area contributed by atoms with Crippen molar-refractivity contribution in [3.8, 4) is 0 Å². The van der Waals surface area contributed by atoms with Gasteiger partial charge in [-0.05, 0) is 31.4 Å². The molecule has 0 N–H and O–H groups in total.